The van der Waals surface area contributed by atoms with Crippen LogP contribution in [0.5, 0.6) is 0 Å². The Morgan fingerprint density at radius 3 is 2.67 bits per heavy atom. The van der Waals surface area contributed by atoms with E-state index in [1.54, 1.807) is 11.3 Å². The molecule has 18 heavy (non-hydrogen) atoms. The van der Waals surface area contributed by atoms with Gasteiger partial charge in [0.2, 0.25) is 0 Å². The van der Waals surface area contributed by atoms with E-state index in [-0.39, 0.29) is 0 Å². The molecule has 3 heteroatoms. The summed E-state index contributed by atoms with van der Waals surface area (Å²) in [5, 5.41) is 5.58. The van der Waals surface area contributed by atoms with Crippen molar-refractivity contribution in [2.24, 2.45) is 0 Å². The summed E-state index contributed by atoms with van der Waals surface area (Å²) in [6.07, 6.45) is 2.37. The fraction of sp³-hybridized carbons (Fsp3) is 0.400. The monoisotopic (exact) mass is 260 g/mol. The van der Waals surface area contributed by atoms with Gasteiger partial charge in [0.15, 0.2) is 0 Å². The van der Waals surface area contributed by atoms with Gasteiger partial charge in [-0.05, 0) is 24.5 Å². The van der Waals surface area contributed by atoms with Crippen molar-refractivity contribution >= 4 is 11.3 Å². The van der Waals surface area contributed by atoms with Gasteiger partial charge in [-0.15, -0.1) is 11.3 Å². The van der Waals surface area contributed by atoms with E-state index in [1.807, 2.05) is 5.51 Å². The van der Waals surface area contributed by atoms with Gasteiger partial charge in [0.25, 0.3) is 0 Å². The fourth-order valence-corrected chi connectivity index (χ4v) is 2.52. The van der Waals surface area contributed by atoms with Crippen LogP contribution in [0.15, 0.2) is 35.2 Å². The Kier molecular flexibility index (Phi) is 4.90. The molecular formula is C15H20N2S. The first-order valence-electron chi connectivity index (χ1n) is 6.49. The van der Waals surface area contributed by atoms with E-state index in [2.05, 4.69) is 53.8 Å². The highest BCUT2D eigenvalue weighted by atomic mass is 32.1. The number of rotatable bonds is 6. The fourth-order valence-electron chi connectivity index (χ4n) is 1.96. The first-order chi connectivity index (χ1) is 8.79. The standard InChI is InChI=1S/C15H20N2S/c1-3-4-13-5-7-14(8-6-13)12(2)16-9-15-10-18-11-17-15/h5-8,10-12,16H,3-4,9H2,1-2H3. The molecule has 0 aliphatic carbocycles. The molecule has 0 radical (unpaired) electrons. The molecule has 2 aromatic rings. The molecule has 0 aliphatic heterocycles. The Morgan fingerprint density at radius 2 is 2.06 bits per heavy atom. The second-order valence-electron chi connectivity index (χ2n) is 4.57. The van der Waals surface area contributed by atoms with Crippen LogP contribution >= 0.6 is 11.3 Å². The van der Waals surface area contributed by atoms with Gasteiger partial charge in [-0.2, -0.15) is 0 Å². The van der Waals surface area contributed by atoms with E-state index in [4.69, 9.17) is 0 Å². The maximum absolute atomic E-state index is 4.28. The van der Waals surface area contributed by atoms with Gasteiger partial charge < -0.3 is 5.32 Å². The van der Waals surface area contributed by atoms with Gasteiger partial charge in [-0.3, -0.25) is 0 Å². The highest BCUT2D eigenvalue weighted by Crippen LogP contribution is 2.15. The van der Waals surface area contributed by atoms with Crippen molar-refractivity contribution in [1.82, 2.24) is 10.3 Å². The summed E-state index contributed by atoms with van der Waals surface area (Å²) in [4.78, 5) is 4.28. The second kappa shape index (κ2) is 6.66. The molecule has 1 N–H and O–H groups in total. The van der Waals surface area contributed by atoms with Crippen LogP contribution in [0.1, 0.15) is 43.1 Å². The van der Waals surface area contributed by atoms with Gasteiger partial charge >= 0.3 is 0 Å². The third kappa shape index (κ3) is 3.65. The summed E-state index contributed by atoms with van der Waals surface area (Å²) in [6, 6.07) is 9.29. The van der Waals surface area contributed by atoms with Gasteiger partial charge in [-0.25, -0.2) is 4.98 Å². The number of hydrogen-bond acceptors (Lipinski definition) is 3. The van der Waals surface area contributed by atoms with Crippen LogP contribution in [-0.4, -0.2) is 4.98 Å². The van der Waals surface area contributed by atoms with Crippen molar-refractivity contribution in [1.29, 1.82) is 0 Å². The molecule has 1 unspecified atom stereocenters. The van der Waals surface area contributed by atoms with Crippen molar-refractivity contribution < 1.29 is 0 Å². The normalized spacial score (nSPS) is 12.6. The molecule has 1 aromatic carbocycles. The zero-order valence-electron chi connectivity index (χ0n) is 11.0. The minimum absolute atomic E-state index is 0.363. The van der Waals surface area contributed by atoms with Crippen LogP contribution in [0.4, 0.5) is 0 Å². The first kappa shape index (κ1) is 13.2. The lowest BCUT2D eigenvalue weighted by molar-refractivity contribution is 0.569. The first-order valence-corrected chi connectivity index (χ1v) is 7.43. The molecule has 2 rings (SSSR count). The molecule has 1 atom stereocenters. The molecular weight excluding hydrogens is 240 g/mol. The number of nitrogens with zero attached hydrogens (tertiary/aromatic N) is 1. The highest BCUT2D eigenvalue weighted by molar-refractivity contribution is 7.07. The van der Waals surface area contributed by atoms with Gasteiger partial charge in [0.1, 0.15) is 0 Å². The molecule has 0 amide bonds. The number of hydrogen-bond donors (Lipinski definition) is 1. The van der Waals surface area contributed by atoms with Crippen molar-refractivity contribution in [3.05, 3.63) is 52.0 Å². The maximum atomic E-state index is 4.28. The number of thiazole rings is 1. The summed E-state index contributed by atoms with van der Waals surface area (Å²) >= 11 is 1.64. The van der Waals surface area contributed by atoms with Crippen LogP contribution in [0.3, 0.4) is 0 Å². The van der Waals surface area contributed by atoms with E-state index in [1.165, 1.54) is 24.0 Å². The smallest absolute Gasteiger partial charge is 0.0795 e. The molecule has 0 fully saturated rings. The second-order valence-corrected chi connectivity index (χ2v) is 5.29. The number of aromatic nitrogens is 1. The number of nitrogens with one attached hydrogen (secondary N) is 1. The Morgan fingerprint density at radius 1 is 1.28 bits per heavy atom. The Bertz CT molecular complexity index is 448. The third-order valence-electron chi connectivity index (χ3n) is 3.09. The number of aryl methyl sites for hydroxylation is 1. The van der Waals surface area contributed by atoms with E-state index < -0.39 is 0 Å². The van der Waals surface area contributed by atoms with Crippen molar-refractivity contribution in [2.75, 3.05) is 0 Å². The number of benzene rings is 1. The minimum Gasteiger partial charge on any atom is -0.305 e. The third-order valence-corrected chi connectivity index (χ3v) is 3.73. The van der Waals surface area contributed by atoms with E-state index in [9.17, 15) is 0 Å². The van der Waals surface area contributed by atoms with Crippen LogP contribution in [-0.2, 0) is 13.0 Å². The van der Waals surface area contributed by atoms with Crippen LogP contribution < -0.4 is 5.32 Å². The summed E-state index contributed by atoms with van der Waals surface area (Å²) in [7, 11) is 0. The van der Waals surface area contributed by atoms with Gasteiger partial charge in [0.05, 0.1) is 11.2 Å². The Hall–Kier alpha value is -1.19. The average molecular weight is 260 g/mol. The quantitative estimate of drug-likeness (QED) is 0.850. The van der Waals surface area contributed by atoms with Crippen molar-refractivity contribution in [3.8, 4) is 0 Å². The van der Waals surface area contributed by atoms with Gasteiger partial charge in [-0.1, -0.05) is 37.6 Å². The predicted octanol–water partition coefficient (Wildman–Crippen LogP) is 3.95. The predicted molar refractivity (Wildman–Crippen MR) is 77.8 cm³/mol. The Labute approximate surface area is 113 Å². The van der Waals surface area contributed by atoms with E-state index in [0.717, 1.165) is 12.2 Å². The minimum atomic E-state index is 0.363. The van der Waals surface area contributed by atoms with Crippen molar-refractivity contribution in [3.63, 3.8) is 0 Å². The van der Waals surface area contributed by atoms with Crippen molar-refractivity contribution in [2.45, 2.75) is 39.3 Å². The van der Waals surface area contributed by atoms with E-state index in [0.29, 0.717) is 6.04 Å². The van der Waals surface area contributed by atoms with Crippen LogP contribution in [0, 0.1) is 0 Å². The summed E-state index contributed by atoms with van der Waals surface area (Å²) < 4.78 is 0. The Balaban J connectivity index is 1.89. The van der Waals surface area contributed by atoms with Crippen LogP contribution in [0.2, 0.25) is 0 Å². The lowest BCUT2D eigenvalue weighted by Gasteiger charge is -2.14. The van der Waals surface area contributed by atoms with Crippen LogP contribution in [0.25, 0.3) is 0 Å². The molecule has 0 saturated heterocycles. The highest BCUT2D eigenvalue weighted by Gasteiger charge is 2.05. The SMILES string of the molecule is CCCc1ccc(C(C)NCc2cscn2)cc1. The summed E-state index contributed by atoms with van der Waals surface area (Å²) in [6.45, 7) is 5.24. The summed E-state index contributed by atoms with van der Waals surface area (Å²) in [5.74, 6) is 0. The molecule has 1 heterocycles. The zero-order chi connectivity index (χ0) is 12.8. The molecule has 0 spiro atoms. The average Bonchev–Trinajstić information content (AvgIpc) is 2.90. The largest absolute Gasteiger partial charge is 0.305 e. The molecule has 0 bridgehead atoms. The molecule has 2 nitrogen and oxygen atoms in total. The lowest BCUT2D eigenvalue weighted by Crippen LogP contribution is -2.18. The maximum Gasteiger partial charge on any atom is 0.0795 e. The topological polar surface area (TPSA) is 24.9 Å². The van der Waals surface area contributed by atoms with E-state index >= 15 is 0 Å². The summed E-state index contributed by atoms with van der Waals surface area (Å²) in [5.41, 5.74) is 5.76. The zero-order valence-corrected chi connectivity index (χ0v) is 11.8. The molecule has 1 aromatic heterocycles. The molecule has 96 valence electrons. The lowest BCUT2D eigenvalue weighted by atomic mass is 10.0. The molecule has 0 saturated carbocycles. The molecule has 0 aliphatic rings. The van der Waals surface area contributed by atoms with Gasteiger partial charge in [0, 0.05) is 18.0 Å².